The van der Waals surface area contributed by atoms with Crippen LogP contribution in [0.25, 0.3) is 22.5 Å². The highest BCUT2D eigenvalue weighted by Gasteiger charge is 2.54. The predicted molar refractivity (Wildman–Crippen MR) is 425 cm³/mol. The number of ether oxygens (including phenoxy) is 2. The Kier molecular flexibility index (Phi) is 19.6. The molecule has 2 amide bonds. The number of benzene rings is 6. The van der Waals surface area contributed by atoms with Crippen LogP contribution in [0.3, 0.4) is 0 Å². The van der Waals surface area contributed by atoms with Crippen molar-refractivity contribution in [3.8, 4) is 22.5 Å². The molecule has 0 saturated carbocycles. The van der Waals surface area contributed by atoms with Gasteiger partial charge in [-0.3, -0.25) is 9.80 Å². The molecule has 18 heteroatoms. The second-order valence-electron chi connectivity index (χ2n) is 36.6. The van der Waals surface area contributed by atoms with Crippen molar-refractivity contribution in [1.82, 2.24) is 29.7 Å². The third-order valence-corrected chi connectivity index (χ3v) is 24.2. The van der Waals surface area contributed by atoms with E-state index in [-0.39, 0.29) is 65.2 Å². The average Bonchev–Trinajstić information content (AvgIpc) is 1.59. The number of likely N-dealkylation sites (tertiary alicyclic amines) is 2. The molecule has 8 aromatic rings. The van der Waals surface area contributed by atoms with Gasteiger partial charge in [0.1, 0.15) is 22.9 Å². The van der Waals surface area contributed by atoms with Crippen LogP contribution in [-0.4, -0.2) is 103 Å². The van der Waals surface area contributed by atoms with Gasteiger partial charge in [0, 0.05) is 24.5 Å². The van der Waals surface area contributed by atoms with Crippen molar-refractivity contribution in [3.05, 3.63) is 203 Å². The number of carbonyl (C=O) groups excluding carboxylic acids is 2. The average molecular weight is 1430 g/mol. The van der Waals surface area contributed by atoms with Gasteiger partial charge in [0.15, 0.2) is 0 Å². The Morgan fingerprint density at radius 3 is 1.22 bits per heavy atom. The number of hydrogen-bond donors (Lipinski definition) is 2. The molecule has 0 aliphatic carbocycles. The quantitative estimate of drug-likeness (QED) is 0.0937. The minimum atomic E-state index is -0.589. The molecule has 2 N–H and O–H groups in total. The van der Waals surface area contributed by atoms with E-state index in [4.69, 9.17) is 38.1 Å². The van der Waals surface area contributed by atoms with Gasteiger partial charge in [-0.05, 0) is 245 Å². The second kappa shape index (κ2) is 27.8. The van der Waals surface area contributed by atoms with E-state index in [9.17, 15) is 9.59 Å². The van der Waals surface area contributed by atoms with Crippen LogP contribution in [0.5, 0.6) is 0 Å². The van der Waals surface area contributed by atoms with Gasteiger partial charge < -0.3 is 47.9 Å². The third kappa shape index (κ3) is 15.0. The summed E-state index contributed by atoms with van der Waals surface area (Å²) < 4.78 is 38.1. The summed E-state index contributed by atoms with van der Waals surface area (Å²) >= 11 is 0. The number of carbonyl (C=O) groups is 2. The lowest BCUT2D eigenvalue weighted by Gasteiger charge is -2.37. The van der Waals surface area contributed by atoms with Crippen molar-refractivity contribution in [2.45, 2.75) is 264 Å². The third-order valence-electron chi connectivity index (χ3n) is 24.2. The zero-order chi connectivity index (χ0) is 75.4. The lowest BCUT2D eigenvalue weighted by molar-refractivity contribution is 0.00578. The molecule has 0 radical (unpaired) electrons. The summed E-state index contributed by atoms with van der Waals surface area (Å²) in [4.78, 5) is 52.7. The molecule has 16 nitrogen and oxygen atoms in total. The molecule has 6 aliphatic rings. The lowest BCUT2D eigenvalue weighted by Crippen LogP contribution is -2.41. The first-order valence-corrected chi connectivity index (χ1v) is 38.9. The monoisotopic (exact) mass is 1430 g/mol. The van der Waals surface area contributed by atoms with Gasteiger partial charge in [0.25, 0.3) is 0 Å². The summed E-state index contributed by atoms with van der Waals surface area (Å²) in [5.74, 6) is 1.77. The predicted octanol–water partition coefficient (Wildman–Crippen LogP) is 19.3. The molecule has 0 bridgehead atoms. The number of nitrogens with zero attached hydrogens (tertiary/aromatic N) is 6. The number of aromatic nitrogens is 4. The van der Waals surface area contributed by atoms with Crippen LogP contribution < -0.4 is 20.7 Å². The van der Waals surface area contributed by atoms with Gasteiger partial charge in [-0.15, -0.1) is 0 Å². The smallest absolute Gasteiger partial charge is 0.444 e. The van der Waals surface area contributed by atoms with E-state index in [1.807, 2.05) is 63.7 Å². The summed E-state index contributed by atoms with van der Waals surface area (Å²) in [6.45, 7) is 41.4. The zero-order valence-corrected chi connectivity index (χ0v) is 66.2. The molecule has 2 aromatic heterocycles. The summed E-state index contributed by atoms with van der Waals surface area (Å²) in [7, 11) is -0.932. The standard InChI is InChI=1S/C88H112B2N8O8/c1-81(2,3)63-36-44-68(45-37-63)98-75(60-32-40-65(41-33-60)89-103-85(12,13)86(14,15)104-89)52-62(76(98)61-34-42-66(43-35-61)90-105-87(16,17)88(18,19)106-90)53-84(10,11)64-38-46-67(47-39-64)97-71(58-28-24-56(25-29-58)69-54-91-77(93-69)73-22-20-50-95(73)79(99)101-82(4,5)6)48-49-72(97)59-30-26-57(27-31-59)70-55-92-78(94-70)74-23-21-51-96(74)80(100)102-83(7,8)9/h24-47,54-55,62,71-76H,20-23,48-53H2,1-19H3,(H,91,93)(H,92,94). The van der Waals surface area contributed by atoms with Crippen LogP contribution in [0.4, 0.5) is 21.0 Å². The van der Waals surface area contributed by atoms with Crippen LogP contribution >= 0.6 is 0 Å². The van der Waals surface area contributed by atoms with E-state index in [2.05, 4.69) is 255 Å². The first-order valence-electron chi connectivity index (χ1n) is 38.9. The van der Waals surface area contributed by atoms with Crippen LogP contribution in [-0.2, 0) is 38.9 Å². The van der Waals surface area contributed by atoms with Crippen LogP contribution in [0, 0.1) is 5.92 Å². The highest BCUT2D eigenvalue weighted by molar-refractivity contribution is 6.62. The lowest BCUT2D eigenvalue weighted by atomic mass is 9.73. The molecular weight excluding hydrogens is 1320 g/mol. The summed E-state index contributed by atoms with van der Waals surface area (Å²) in [5, 5.41) is 0. The van der Waals surface area contributed by atoms with E-state index in [0.717, 1.165) is 96.5 Å². The van der Waals surface area contributed by atoms with E-state index in [0.29, 0.717) is 13.1 Å². The number of anilines is 2. The van der Waals surface area contributed by atoms with Crippen molar-refractivity contribution in [2.24, 2.45) is 5.92 Å². The van der Waals surface area contributed by atoms with Crippen LogP contribution in [0.2, 0.25) is 0 Å². The van der Waals surface area contributed by atoms with Gasteiger partial charge >= 0.3 is 26.4 Å². The summed E-state index contributed by atoms with van der Waals surface area (Å²) in [6, 6.07) is 55.0. The first kappa shape index (κ1) is 74.7. The molecule has 7 atom stereocenters. The molecule has 14 rings (SSSR count). The fraction of sp³-hybridized carbons (Fsp3) is 0.500. The molecule has 6 aromatic carbocycles. The second-order valence-corrected chi connectivity index (χ2v) is 36.6. The van der Waals surface area contributed by atoms with Crippen LogP contribution in [0.1, 0.15) is 264 Å². The molecule has 6 saturated heterocycles. The summed E-state index contributed by atoms with van der Waals surface area (Å²) in [6.07, 6.45) is 10.4. The topological polar surface area (TPSA) is 160 Å². The van der Waals surface area contributed by atoms with Crippen molar-refractivity contribution >= 4 is 48.7 Å². The Labute approximate surface area is 630 Å². The van der Waals surface area contributed by atoms with Gasteiger partial charge in [-0.1, -0.05) is 156 Å². The van der Waals surface area contributed by atoms with Gasteiger partial charge in [-0.25, -0.2) is 19.6 Å². The van der Waals surface area contributed by atoms with Gasteiger partial charge in [0.05, 0.1) is 82.4 Å². The Balaban J connectivity index is 0.784. The normalized spacial score (nSPS) is 23.7. The Bertz CT molecular complexity index is 4270. The van der Waals surface area contributed by atoms with E-state index >= 15 is 0 Å². The fourth-order valence-electron chi connectivity index (χ4n) is 17.0. The Morgan fingerprint density at radius 1 is 0.453 bits per heavy atom. The van der Waals surface area contributed by atoms with Gasteiger partial charge in [-0.2, -0.15) is 0 Å². The maximum absolute atomic E-state index is 13.4. The van der Waals surface area contributed by atoms with E-state index < -0.39 is 47.8 Å². The van der Waals surface area contributed by atoms with Gasteiger partial charge in [0.2, 0.25) is 0 Å². The number of hydrogen-bond acceptors (Lipinski definition) is 12. The zero-order valence-electron chi connectivity index (χ0n) is 66.2. The van der Waals surface area contributed by atoms with Crippen molar-refractivity contribution in [3.63, 3.8) is 0 Å². The molecule has 8 heterocycles. The molecule has 7 unspecified atom stereocenters. The van der Waals surface area contributed by atoms with Crippen molar-refractivity contribution < 1.29 is 37.7 Å². The molecular formula is C88H112B2N8O8. The molecule has 0 spiro atoms. The number of rotatable bonds is 15. The molecule has 558 valence electrons. The highest BCUT2D eigenvalue weighted by Crippen LogP contribution is 2.55. The summed E-state index contributed by atoms with van der Waals surface area (Å²) in [5.41, 5.74) is 12.6. The number of amides is 2. The van der Waals surface area contributed by atoms with Crippen molar-refractivity contribution in [2.75, 3.05) is 22.9 Å². The SMILES string of the molecule is CC(C)(C)OC(=O)N1CCCC1c1ncc(-c2ccc(C3CCC(c4ccc(-c5cnc(C6CCCN6C(=O)OC(C)(C)C)[nH]5)cc4)N3c3ccc(C(C)(C)CC4CC(c5ccc(B6OC(C)(C)C(C)(C)O6)cc5)N(c5ccc(C(C)(C)C)cc5)C4c4ccc(B5OC(C)(C)C(C)(C)O5)cc4)cc3)cc2)[nH]1. The maximum atomic E-state index is 13.4. The van der Waals surface area contributed by atoms with Crippen molar-refractivity contribution in [1.29, 1.82) is 0 Å². The molecule has 106 heavy (non-hydrogen) atoms. The highest BCUT2D eigenvalue weighted by atomic mass is 16.7. The fourth-order valence-corrected chi connectivity index (χ4v) is 17.0. The Morgan fingerprint density at radius 2 is 0.821 bits per heavy atom. The number of nitrogens with one attached hydrogen (secondary N) is 2. The molecule has 6 fully saturated rings. The minimum Gasteiger partial charge on any atom is -0.444 e. The van der Waals surface area contributed by atoms with E-state index in [1.54, 1.807) is 0 Å². The number of H-pyrrole nitrogens is 2. The minimum absolute atomic E-state index is 0.0114. The number of imidazole rings is 2. The largest absolute Gasteiger partial charge is 0.494 e. The number of aromatic amines is 2. The molecule has 6 aliphatic heterocycles. The maximum Gasteiger partial charge on any atom is 0.494 e. The Hall–Kier alpha value is -8.15. The van der Waals surface area contributed by atoms with E-state index in [1.165, 1.54) is 44.8 Å². The van der Waals surface area contributed by atoms with Crippen LogP contribution in [0.15, 0.2) is 158 Å². The first-order chi connectivity index (χ1) is 49.9.